The van der Waals surface area contributed by atoms with Crippen LogP contribution in [0.15, 0.2) is 37.0 Å². The first-order valence-corrected chi connectivity index (χ1v) is 5.27. The van der Waals surface area contributed by atoms with Gasteiger partial charge in [-0.3, -0.25) is 0 Å². The SMILES string of the molecule is C=C(CC)C(=O)[O-].C=C(CC)C(=O)[O-].C=CC(=O)O.[Na+].[Na+]. The zero-order valence-electron chi connectivity index (χ0n) is 13.1. The third-order valence-corrected chi connectivity index (χ3v) is 1.61. The molecule has 0 aromatic carbocycles. The summed E-state index contributed by atoms with van der Waals surface area (Å²) in [5, 5.41) is 27.0. The first-order chi connectivity index (χ1) is 8.63. The van der Waals surface area contributed by atoms with Crippen molar-refractivity contribution in [2.24, 2.45) is 0 Å². The average molecular weight is 316 g/mol. The first kappa shape index (κ1) is 32.5. The fraction of sp³-hybridized carbons (Fsp3) is 0.308. The molecule has 0 spiro atoms. The molecule has 0 aromatic heterocycles. The normalized spacial score (nSPS) is 6.95. The fourth-order valence-corrected chi connectivity index (χ4v) is 0.289. The Balaban J connectivity index is -0.0000000590. The molecule has 0 fully saturated rings. The topological polar surface area (TPSA) is 118 Å². The van der Waals surface area contributed by atoms with Crippen LogP contribution in [0.25, 0.3) is 0 Å². The van der Waals surface area contributed by atoms with E-state index in [1.807, 2.05) is 0 Å². The number of carboxylic acids is 3. The molecule has 6 nitrogen and oxygen atoms in total. The second kappa shape index (κ2) is 21.9. The Hall–Kier alpha value is -0.370. The Morgan fingerprint density at radius 1 is 0.952 bits per heavy atom. The maximum Gasteiger partial charge on any atom is 1.00 e. The first-order valence-electron chi connectivity index (χ1n) is 5.27. The summed E-state index contributed by atoms with van der Waals surface area (Å²) in [6.45, 7) is 12.8. The third-order valence-electron chi connectivity index (χ3n) is 1.61. The van der Waals surface area contributed by atoms with Gasteiger partial charge in [-0.25, -0.2) is 4.79 Å². The molecule has 21 heavy (non-hydrogen) atoms. The largest absolute Gasteiger partial charge is 1.00 e. The molecule has 1 N–H and O–H groups in total. The van der Waals surface area contributed by atoms with Crippen molar-refractivity contribution < 1.29 is 88.8 Å². The van der Waals surface area contributed by atoms with Crippen molar-refractivity contribution in [3.8, 4) is 0 Å². The smallest absolute Gasteiger partial charge is 0.545 e. The van der Waals surface area contributed by atoms with Gasteiger partial charge in [0, 0.05) is 6.08 Å². The molecule has 0 atom stereocenters. The van der Waals surface area contributed by atoms with Crippen molar-refractivity contribution in [1.29, 1.82) is 0 Å². The number of aliphatic carboxylic acids is 3. The maximum absolute atomic E-state index is 9.72. The maximum atomic E-state index is 9.72. The van der Waals surface area contributed by atoms with E-state index in [9.17, 15) is 24.6 Å². The molecule has 0 aliphatic carbocycles. The fourth-order valence-electron chi connectivity index (χ4n) is 0.289. The quantitative estimate of drug-likeness (QED) is 0.398. The Morgan fingerprint density at radius 3 is 1.14 bits per heavy atom. The zero-order valence-corrected chi connectivity index (χ0v) is 17.1. The average Bonchev–Trinajstić information content (AvgIpc) is 2.37. The number of carboxylic acid groups (broad SMARTS) is 3. The van der Waals surface area contributed by atoms with Crippen molar-refractivity contribution in [2.75, 3.05) is 0 Å². The van der Waals surface area contributed by atoms with Crippen molar-refractivity contribution in [1.82, 2.24) is 0 Å². The molecule has 0 saturated heterocycles. The van der Waals surface area contributed by atoms with E-state index in [1.54, 1.807) is 13.8 Å². The summed E-state index contributed by atoms with van der Waals surface area (Å²) in [6, 6.07) is 0. The van der Waals surface area contributed by atoms with Crippen LogP contribution in [0.5, 0.6) is 0 Å². The van der Waals surface area contributed by atoms with Crippen LogP contribution >= 0.6 is 0 Å². The monoisotopic (exact) mass is 316 g/mol. The van der Waals surface area contributed by atoms with Gasteiger partial charge in [-0.1, -0.05) is 33.6 Å². The molecule has 0 heterocycles. The van der Waals surface area contributed by atoms with Gasteiger partial charge in [0.2, 0.25) is 0 Å². The van der Waals surface area contributed by atoms with Gasteiger partial charge in [-0.2, -0.15) is 0 Å². The van der Waals surface area contributed by atoms with Crippen LogP contribution in [-0.4, -0.2) is 23.0 Å². The second-order valence-corrected chi connectivity index (χ2v) is 3.03. The van der Waals surface area contributed by atoms with E-state index in [2.05, 4.69) is 19.7 Å². The molecular formula is C13H18Na2O6. The summed E-state index contributed by atoms with van der Waals surface area (Å²) in [4.78, 5) is 28.7. The van der Waals surface area contributed by atoms with Crippen molar-refractivity contribution in [3.63, 3.8) is 0 Å². The molecule has 0 aliphatic heterocycles. The minimum absolute atomic E-state index is 0. The van der Waals surface area contributed by atoms with Crippen LogP contribution in [-0.2, 0) is 14.4 Å². The van der Waals surface area contributed by atoms with Gasteiger partial charge in [0.1, 0.15) is 0 Å². The molecule has 0 unspecified atom stereocenters. The molecule has 108 valence electrons. The Morgan fingerprint density at radius 2 is 1.14 bits per heavy atom. The van der Waals surface area contributed by atoms with Crippen LogP contribution in [0.1, 0.15) is 26.7 Å². The van der Waals surface area contributed by atoms with Crippen LogP contribution < -0.4 is 69.3 Å². The van der Waals surface area contributed by atoms with E-state index in [4.69, 9.17) is 5.11 Å². The van der Waals surface area contributed by atoms with Gasteiger partial charge in [0.05, 0.1) is 11.9 Å². The van der Waals surface area contributed by atoms with Gasteiger partial charge in [0.25, 0.3) is 0 Å². The minimum Gasteiger partial charge on any atom is -0.545 e. The van der Waals surface area contributed by atoms with E-state index in [-0.39, 0.29) is 70.3 Å². The van der Waals surface area contributed by atoms with Gasteiger partial charge >= 0.3 is 65.1 Å². The van der Waals surface area contributed by atoms with E-state index in [0.717, 1.165) is 6.08 Å². The molecule has 0 saturated carbocycles. The van der Waals surface area contributed by atoms with Gasteiger partial charge < -0.3 is 24.9 Å². The Labute approximate surface area is 169 Å². The predicted octanol–water partition coefficient (Wildman–Crippen LogP) is -6.33. The molecule has 0 amide bonds. The molecular weight excluding hydrogens is 298 g/mol. The number of rotatable bonds is 5. The third kappa shape index (κ3) is 32.8. The molecule has 0 radical (unpaired) electrons. The minimum atomic E-state index is -1.15. The van der Waals surface area contributed by atoms with Gasteiger partial charge in [0.15, 0.2) is 0 Å². The zero-order chi connectivity index (χ0) is 16.0. The van der Waals surface area contributed by atoms with Crippen molar-refractivity contribution in [3.05, 3.63) is 37.0 Å². The summed E-state index contributed by atoms with van der Waals surface area (Å²) in [5.41, 5.74) is 0.306. The van der Waals surface area contributed by atoms with Crippen LogP contribution in [0.3, 0.4) is 0 Å². The summed E-state index contributed by atoms with van der Waals surface area (Å²) in [5.74, 6) is -3.28. The molecule has 0 aromatic rings. The summed E-state index contributed by atoms with van der Waals surface area (Å²) < 4.78 is 0. The molecule has 0 aliphatic rings. The van der Waals surface area contributed by atoms with Crippen LogP contribution in [0.2, 0.25) is 0 Å². The van der Waals surface area contributed by atoms with Gasteiger partial charge in [-0.05, 0) is 24.0 Å². The van der Waals surface area contributed by atoms with E-state index >= 15 is 0 Å². The Bertz CT molecular complexity index is 338. The summed E-state index contributed by atoms with van der Waals surface area (Å²) in [6.07, 6.45) is 1.75. The molecule has 0 bridgehead atoms. The van der Waals surface area contributed by atoms with Crippen molar-refractivity contribution in [2.45, 2.75) is 26.7 Å². The number of carbonyl (C=O) groups is 3. The molecule has 8 heteroatoms. The number of carbonyl (C=O) groups excluding carboxylic acids is 2. The summed E-state index contributed by atoms with van der Waals surface area (Å²) >= 11 is 0. The van der Waals surface area contributed by atoms with E-state index in [1.165, 1.54) is 0 Å². The van der Waals surface area contributed by atoms with Crippen LogP contribution in [0.4, 0.5) is 0 Å². The van der Waals surface area contributed by atoms with Crippen LogP contribution in [0, 0.1) is 0 Å². The van der Waals surface area contributed by atoms with E-state index < -0.39 is 17.9 Å². The Kier molecular flexibility index (Phi) is 34.0. The second-order valence-electron chi connectivity index (χ2n) is 3.03. The summed E-state index contributed by atoms with van der Waals surface area (Å²) in [7, 11) is 0. The van der Waals surface area contributed by atoms with Crippen molar-refractivity contribution >= 4 is 17.9 Å². The van der Waals surface area contributed by atoms with Gasteiger partial charge in [-0.15, -0.1) is 0 Å². The number of hydrogen-bond donors (Lipinski definition) is 1. The molecule has 0 rings (SSSR count). The standard InChI is InChI=1S/2C5H8O2.C3H4O2.2Na/c2*1-3-4(2)5(6)7;1-2-3(4)5;;/h2*2-3H2,1H3,(H,6,7);2H,1H2,(H,4,5);;/q;;;2*+1/p-2. The van der Waals surface area contributed by atoms with E-state index in [0.29, 0.717) is 12.8 Å². The predicted molar refractivity (Wildman–Crippen MR) is 66.7 cm³/mol. The number of hydrogen-bond acceptors (Lipinski definition) is 5.